The normalized spacial score (nSPS) is 12.6. The molecule has 1 N–H and O–H groups in total. The first-order valence-corrected chi connectivity index (χ1v) is 10.5. The van der Waals surface area contributed by atoms with Gasteiger partial charge in [0.15, 0.2) is 0 Å². The van der Waals surface area contributed by atoms with E-state index in [1.54, 1.807) is 0 Å². The maximum atomic E-state index is 12.8. The highest BCUT2D eigenvalue weighted by Crippen LogP contribution is 2.36. The minimum atomic E-state index is -4.37. The Kier molecular flexibility index (Phi) is 6.69. The van der Waals surface area contributed by atoms with Crippen molar-refractivity contribution in [3.63, 3.8) is 0 Å². The molecule has 1 aromatic heterocycles. The molecule has 1 atom stereocenters. The van der Waals surface area contributed by atoms with Gasteiger partial charge in [-0.2, -0.15) is 13.2 Å². The summed E-state index contributed by atoms with van der Waals surface area (Å²) in [5.41, 5.74) is 2.61. The van der Waals surface area contributed by atoms with Crippen molar-refractivity contribution < 1.29 is 27.8 Å². The number of nitrogens with zero attached hydrogens (tertiary/aromatic N) is 1. The number of benzene rings is 2. The molecule has 0 saturated carbocycles. The Bertz CT molecular complexity index is 1070. The molecule has 0 spiro atoms. The van der Waals surface area contributed by atoms with E-state index in [0.717, 1.165) is 33.8 Å². The Balaban J connectivity index is 1.74. The number of alkyl halides is 3. The fourth-order valence-electron chi connectivity index (χ4n) is 3.23. The molecule has 0 aliphatic rings. The Morgan fingerprint density at radius 2 is 1.84 bits per heavy atom. The monoisotopic (exact) mass is 449 g/mol. The average molecular weight is 449 g/mol. The minimum absolute atomic E-state index is 0.0736. The van der Waals surface area contributed by atoms with Gasteiger partial charge in [-0.15, -0.1) is 11.3 Å². The van der Waals surface area contributed by atoms with E-state index in [0.29, 0.717) is 22.7 Å². The summed E-state index contributed by atoms with van der Waals surface area (Å²) in [6.45, 7) is 5.65. The van der Waals surface area contributed by atoms with E-state index in [1.165, 1.54) is 23.5 Å². The van der Waals surface area contributed by atoms with Crippen molar-refractivity contribution in [2.24, 2.45) is 0 Å². The molecular weight excluding hydrogens is 427 g/mol. The summed E-state index contributed by atoms with van der Waals surface area (Å²) < 4.78 is 44.4. The van der Waals surface area contributed by atoms with Gasteiger partial charge >= 0.3 is 12.1 Å². The lowest BCUT2D eigenvalue weighted by molar-refractivity contribution is -0.138. The Labute approximate surface area is 182 Å². The van der Waals surface area contributed by atoms with Crippen molar-refractivity contribution in [1.29, 1.82) is 0 Å². The Hall–Kier alpha value is -2.87. The summed E-state index contributed by atoms with van der Waals surface area (Å²) in [4.78, 5) is 16.2. The SMILES string of the molecule is Cc1cc(O[C@@H](C)c2sc(-c3ccc(C(F)(F)F)cc3)nc2C)ccc1CCC(=O)O. The van der Waals surface area contributed by atoms with Gasteiger partial charge in [0.25, 0.3) is 0 Å². The first-order valence-electron chi connectivity index (χ1n) is 9.67. The fraction of sp³-hybridized carbons (Fsp3) is 0.304. The lowest BCUT2D eigenvalue weighted by atomic mass is 10.0. The number of carboxylic acid groups (broad SMARTS) is 1. The largest absolute Gasteiger partial charge is 0.485 e. The number of rotatable bonds is 7. The number of hydrogen-bond acceptors (Lipinski definition) is 4. The van der Waals surface area contributed by atoms with Gasteiger partial charge in [-0.1, -0.05) is 18.2 Å². The lowest BCUT2D eigenvalue weighted by Gasteiger charge is -2.15. The molecule has 3 rings (SSSR count). The summed E-state index contributed by atoms with van der Waals surface area (Å²) >= 11 is 1.39. The van der Waals surface area contributed by atoms with Gasteiger partial charge in [0.05, 0.1) is 16.1 Å². The lowest BCUT2D eigenvalue weighted by Crippen LogP contribution is -2.04. The molecule has 3 aromatic rings. The van der Waals surface area contributed by atoms with Gasteiger partial charge in [0.2, 0.25) is 0 Å². The van der Waals surface area contributed by atoms with Crippen LogP contribution in [-0.2, 0) is 17.4 Å². The van der Waals surface area contributed by atoms with Gasteiger partial charge in [0, 0.05) is 12.0 Å². The number of aliphatic carboxylic acids is 1. The number of hydrogen-bond donors (Lipinski definition) is 1. The number of aromatic nitrogens is 1. The summed E-state index contributed by atoms with van der Waals surface area (Å²) in [6, 6.07) is 10.5. The maximum Gasteiger partial charge on any atom is 0.416 e. The molecule has 31 heavy (non-hydrogen) atoms. The molecule has 0 bridgehead atoms. The van der Waals surface area contributed by atoms with Crippen LogP contribution in [0.2, 0.25) is 0 Å². The van der Waals surface area contributed by atoms with E-state index in [2.05, 4.69) is 4.98 Å². The summed E-state index contributed by atoms with van der Waals surface area (Å²) in [7, 11) is 0. The first kappa shape index (κ1) is 22.8. The Morgan fingerprint density at radius 3 is 2.42 bits per heavy atom. The van der Waals surface area contributed by atoms with Gasteiger partial charge in [0.1, 0.15) is 16.9 Å². The van der Waals surface area contributed by atoms with E-state index in [4.69, 9.17) is 9.84 Å². The summed E-state index contributed by atoms with van der Waals surface area (Å²) in [6.07, 6.45) is -4.14. The van der Waals surface area contributed by atoms with E-state index < -0.39 is 17.7 Å². The molecule has 1 heterocycles. The minimum Gasteiger partial charge on any atom is -0.485 e. The molecule has 4 nitrogen and oxygen atoms in total. The number of halogens is 3. The zero-order chi connectivity index (χ0) is 22.8. The summed E-state index contributed by atoms with van der Waals surface area (Å²) in [5.74, 6) is -0.175. The first-order chi connectivity index (χ1) is 14.5. The third-order valence-electron chi connectivity index (χ3n) is 4.90. The van der Waals surface area contributed by atoms with Crippen molar-refractivity contribution in [1.82, 2.24) is 4.98 Å². The molecule has 164 valence electrons. The zero-order valence-corrected chi connectivity index (χ0v) is 18.1. The van der Waals surface area contributed by atoms with Gasteiger partial charge in [-0.3, -0.25) is 4.79 Å². The number of ether oxygens (including phenoxy) is 1. The average Bonchev–Trinajstić information content (AvgIpc) is 3.08. The van der Waals surface area contributed by atoms with Crippen LogP contribution in [0.5, 0.6) is 5.75 Å². The van der Waals surface area contributed by atoms with Crippen molar-refractivity contribution in [2.45, 2.75) is 45.9 Å². The second-order valence-corrected chi connectivity index (χ2v) is 8.32. The molecule has 0 aliphatic heterocycles. The standard InChI is InChI=1S/C23H22F3NO3S/c1-13-12-19(10-6-16(13)7-11-20(28)29)30-15(3)21-14(2)27-22(31-21)17-4-8-18(9-5-17)23(24,25)26/h4-6,8-10,12,15H,7,11H2,1-3H3,(H,28,29)/t15-/m0/s1. The third-order valence-corrected chi connectivity index (χ3v) is 6.26. The summed E-state index contributed by atoms with van der Waals surface area (Å²) in [5, 5.41) is 9.48. The zero-order valence-electron chi connectivity index (χ0n) is 17.3. The highest BCUT2D eigenvalue weighted by atomic mass is 32.1. The van der Waals surface area contributed by atoms with E-state index in [-0.39, 0.29) is 12.5 Å². The number of carbonyl (C=O) groups is 1. The van der Waals surface area contributed by atoms with Crippen molar-refractivity contribution in [2.75, 3.05) is 0 Å². The topological polar surface area (TPSA) is 59.4 Å². The van der Waals surface area contributed by atoms with Crippen LogP contribution < -0.4 is 4.74 Å². The molecule has 0 saturated heterocycles. The van der Waals surface area contributed by atoms with Gasteiger partial charge < -0.3 is 9.84 Å². The highest BCUT2D eigenvalue weighted by molar-refractivity contribution is 7.15. The predicted molar refractivity (Wildman–Crippen MR) is 113 cm³/mol. The highest BCUT2D eigenvalue weighted by Gasteiger charge is 2.30. The second-order valence-electron chi connectivity index (χ2n) is 7.29. The van der Waals surface area contributed by atoms with Crippen LogP contribution >= 0.6 is 11.3 Å². The van der Waals surface area contributed by atoms with Gasteiger partial charge in [-0.05, 0) is 62.6 Å². The van der Waals surface area contributed by atoms with Crippen LogP contribution in [0.3, 0.4) is 0 Å². The molecule has 2 aromatic carbocycles. The van der Waals surface area contributed by atoms with Crippen LogP contribution in [0, 0.1) is 13.8 Å². The molecule has 0 unspecified atom stereocenters. The molecular formula is C23H22F3NO3S. The number of thiazole rings is 1. The van der Waals surface area contributed by atoms with Gasteiger partial charge in [-0.25, -0.2) is 4.98 Å². The van der Waals surface area contributed by atoms with Crippen molar-refractivity contribution in [3.05, 3.63) is 69.7 Å². The smallest absolute Gasteiger partial charge is 0.416 e. The van der Waals surface area contributed by atoms with Crippen LogP contribution in [0.1, 0.15) is 46.7 Å². The molecule has 0 aliphatic carbocycles. The second kappa shape index (κ2) is 9.09. The third kappa shape index (κ3) is 5.64. The quantitative estimate of drug-likeness (QED) is 0.441. The molecule has 8 heteroatoms. The molecule has 0 radical (unpaired) electrons. The van der Waals surface area contributed by atoms with E-state index >= 15 is 0 Å². The van der Waals surface area contributed by atoms with Crippen LogP contribution in [-0.4, -0.2) is 16.1 Å². The van der Waals surface area contributed by atoms with E-state index in [1.807, 2.05) is 39.0 Å². The van der Waals surface area contributed by atoms with Crippen LogP contribution in [0.25, 0.3) is 10.6 Å². The van der Waals surface area contributed by atoms with Crippen LogP contribution in [0.15, 0.2) is 42.5 Å². The van der Waals surface area contributed by atoms with E-state index in [9.17, 15) is 18.0 Å². The maximum absolute atomic E-state index is 12.8. The van der Waals surface area contributed by atoms with Crippen molar-refractivity contribution >= 4 is 17.3 Å². The predicted octanol–water partition coefficient (Wildman–Crippen LogP) is 6.60. The fourth-order valence-corrected chi connectivity index (χ4v) is 4.28. The molecule has 0 amide bonds. The van der Waals surface area contributed by atoms with Crippen molar-refractivity contribution in [3.8, 4) is 16.3 Å². The number of carboxylic acids is 1. The van der Waals surface area contributed by atoms with Crippen LogP contribution in [0.4, 0.5) is 13.2 Å². The Morgan fingerprint density at radius 1 is 1.16 bits per heavy atom. The molecule has 0 fully saturated rings. The number of aryl methyl sites for hydroxylation is 3.